The number of rotatable bonds is 3. The Labute approximate surface area is 124 Å². The zero-order chi connectivity index (χ0) is 15.5. The highest BCUT2D eigenvalue weighted by molar-refractivity contribution is 6.06. The lowest BCUT2D eigenvalue weighted by atomic mass is 10.1. The third-order valence-corrected chi connectivity index (χ3v) is 2.88. The number of pyridine rings is 1. The van der Waals surface area contributed by atoms with Crippen LogP contribution in [0, 0.1) is 5.82 Å². The predicted octanol–water partition coefficient (Wildman–Crippen LogP) is 1.76. The number of carbonyl (C=O) groups excluding carboxylic acids is 1. The third kappa shape index (κ3) is 2.62. The van der Waals surface area contributed by atoms with E-state index in [4.69, 9.17) is 0 Å². The molecule has 0 unspecified atom stereocenters. The first-order valence-electron chi connectivity index (χ1n) is 6.25. The number of halogens is 1. The molecule has 7 nitrogen and oxygen atoms in total. The summed E-state index contributed by atoms with van der Waals surface area (Å²) in [6, 6.07) is 6.85. The Balaban J connectivity index is 1.80. The molecule has 3 rings (SSSR count). The zero-order valence-electron chi connectivity index (χ0n) is 11.1. The standard InChI is InChI=1S/C14H10FN5O2/c15-10-2-1-3-11(21)13(10)14(22)19-9-4-5-12(17-6-9)20-8-16-7-18-20/h1-8,21H,(H,19,22). The average Bonchev–Trinajstić information content (AvgIpc) is 3.02. The number of carbonyl (C=O) groups is 1. The highest BCUT2D eigenvalue weighted by atomic mass is 19.1. The molecule has 0 bridgehead atoms. The van der Waals surface area contributed by atoms with Gasteiger partial charge in [-0.05, 0) is 24.3 Å². The lowest BCUT2D eigenvalue weighted by molar-refractivity contribution is 0.102. The minimum absolute atomic E-state index is 0.358. The van der Waals surface area contributed by atoms with Crippen molar-refractivity contribution in [3.8, 4) is 11.6 Å². The molecule has 0 aliphatic carbocycles. The van der Waals surface area contributed by atoms with Gasteiger partial charge in [0.15, 0.2) is 5.82 Å². The first-order valence-corrected chi connectivity index (χ1v) is 6.25. The summed E-state index contributed by atoms with van der Waals surface area (Å²) >= 11 is 0. The van der Waals surface area contributed by atoms with Gasteiger partial charge in [-0.25, -0.2) is 19.0 Å². The number of amides is 1. The Morgan fingerprint density at radius 1 is 1.27 bits per heavy atom. The fraction of sp³-hybridized carbons (Fsp3) is 0. The van der Waals surface area contributed by atoms with Gasteiger partial charge in [0.2, 0.25) is 0 Å². The number of hydrogen-bond acceptors (Lipinski definition) is 5. The number of phenolic OH excluding ortho intramolecular Hbond substituents is 1. The van der Waals surface area contributed by atoms with Gasteiger partial charge in [0, 0.05) is 0 Å². The average molecular weight is 299 g/mol. The van der Waals surface area contributed by atoms with Crippen LogP contribution in [-0.4, -0.2) is 30.8 Å². The summed E-state index contributed by atoms with van der Waals surface area (Å²) in [5.74, 6) is -1.47. The topological polar surface area (TPSA) is 92.9 Å². The van der Waals surface area contributed by atoms with E-state index in [9.17, 15) is 14.3 Å². The summed E-state index contributed by atoms with van der Waals surface area (Å²) in [5, 5.41) is 16.0. The van der Waals surface area contributed by atoms with E-state index in [-0.39, 0.29) is 0 Å². The smallest absolute Gasteiger partial charge is 0.262 e. The lowest BCUT2D eigenvalue weighted by Crippen LogP contribution is -2.14. The van der Waals surface area contributed by atoms with E-state index in [1.807, 2.05) is 0 Å². The number of aromatic hydroxyl groups is 1. The molecule has 0 fully saturated rings. The Hall–Kier alpha value is -3.29. The minimum atomic E-state index is -0.801. The van der Waals surface area contributed by atoms with Gasteiger partial charge < -0.3 is 10.4 Å². The number of nitrogens with zero attached hydrogens (tertiary/aromatic N) is 4. The molecule has 1 aromatic carbocycles. The first kappa shape index (κ1) is 13.7. The Morgan fingerprint density at radius 3 is 2.77 bits per heavy atom. The summed E-state index contributed by atoms with van der Waals surface area (Å²) in [4.78, 5) is 19.9. The van der Waals surface area contributed by atoms with Gasteiger partial charge in [-0.3, -0.25) is 4.79 Å². The molecule has 22 heavy (non-hydrogen) atoms. The van der Waals surface area contributed by atoms with Crippen molar-refractivity contribution in [1.29, 1.82) is 0 Å². The molecule has 3 aromatic rings. The first-order chi connectivity index (χ1) is 10.6. The molecule has 1 amide bonds. The maximum Gasteiger partial charge on any atom is 0.262 e. The molecule has 0 aliphatic rings. The van der Waals surface area contributed by atoms with Crippen molar-refractivity contribution in [3.63, 3.8) is 0 Å². The monoisotopic (exact) mass is 299 g/mol. The molecule has 0 aliphatic heterocycles. The largest absolute Gasteiger partial charge is 0.507 e. The maximum absolute atomic E-state index is 13.6. The predicted molar refractivity (Wildman–Crippen MR) is 75.2 cm³/mol. The van der Waals surface area contributed by atoms with Crippen molar-refractivity contribution < 1.29 is 14.3 Å². The fourth-order valence-corrected chi connectivity index (χ4v) is 1.85. The molecule has 2 heterocycles. The summed E-state index contributed by atoms with van der Waals surface area (Å²) < 4.78 is 15.1. The molecular weight excluding hydrogens is 289 g/mol. The van der Waals surface area contributed by atoms with Crippen LogP contribution in [0.15, 0.2) is 49.2 Å². The lowest BCUT2D eigenvalue weighted by Gasteiger charge is -2.08. The summed E-state index contributed by atoms with van der Waals surface area (Å²) in [6.45, 7) is 0. The summed E-state index contributed by atoms with van der Waals surface area (Å²) in [6.07, 6.45) is 4.25. The normalized spacial score (nSPS) is 10.4. The third-order valence-electron chi connectivity index (χ3n) is 2.88. The van der Waals surface area contributed by atoms with Crippen molar-refractivity contribution in [2.75, 3.05) is 5.32 Å². The fourth-order valence-electron chi connectivity index (χ4n) is 1.85. The van der Waals surface area contributed by atoms with Crippen LogP contribution in [0.25, 0.3) is 5.82 Å². The van der Waals surface area contributed by atoms with Crippen LogP contribution in [0.5, 0.6) is 5.75 Å². The summed E-state index contributed by atoms with van der Waals surface area (Å²) in [5.41, 5.74) is -0.0561. The van der Waals surface area contributed by atoms with Crippen LogP contribution in [0.4, 0.5) is 10.1 Å². The SMILES string of the molecule is O=C(Nc1ccc(-n2cncn2)nc1)c1c(O)cccc1F. The second-order valence-electron chi connectivity index (χ2n) is 4.33. The van der Waals surface area contributed by atoms with Crippen LogP contribution in [-0.2, 0) is 0 Å². The molecular formula is C14H10FN5O2. The molecule has 0 saturated carbocycles. The number of phenols is 1. The van der Waals surface area contributed by atoms with Crippen LogP contribution >= 0.6 is 0 Å². The van der Waals surface area contributed by atoms with E-state index in [1.54, 1.807) is 12.1 Å². The van der Waals surface area contributed by atoms with E-state index in [0.717, 1.165) is 6.07 Å². The second-order valence-corrected chi connectivity index (χ2v) is 4.33. The number of anilines is 1. The van der Waals surface area contributed by atoms with Gasteiger partial charge >= 0.3 is 0 Å². The highest BCUT2D eigenvalue weighted by Crippen LogP contribution is 2.21. The molecule has 0 atom stereocenters. The summed E-state index contributed by atoms with van der Waals surface area (Å²) in [7, 11) is 0. The number of benzene rings is 1. The second kappa shape index (κ2) is 5.60. The number of nitrogens with one attached hydrogen (secondary N) is 1. The Morgan fingerprint density at radius 2 is 2.14 bits per heavy atom. The molecule has 0 spiro atoms. The van der Waals surface area contributed by atoms with Gasteiger partial charge in [0.05, 0.1) is 11.9 Å². The van der Waals surface area contributed by atoms with Gasteiger partial charge in [-0.15, -0.1) is 0 Å². The maximum atomic E-state index is 13.6. The number of aromatic nitrogens is 4. The van der Waals surface area contributed by atoms with Crippen molar-refractivity contribution >= 4 is 11.6 Å². The van der Waals surface area contributed by atoms with Crippen molar-refractivity contribution in [3.05, 3.63) is 60.6 Å². The molecule has 2 aromatic heterocycles. The Kier molecular flexibility index (Phi) is 3.48. The molecule has 0 saturated heterocycles. The van der Waals surface area contributed by atoms with Crippen molar-refractivity contribution in [2.24, 2.45) is 0 Å². The van der Waals surface area contributed by atoms with E-state index in [2.05, 4.69) is 20.4 Å². The zero-order valence-corrected chi connectivity index (χ0v) is 11.1. The van der Waals surface area contributed by atoms with E-state index in [0.29, 0.717) is 11.5 Å². The van der Waals surface area contributed by atoms with Gasteiger partial charge in [-0.2, -0.15) is 5.10 Å². The molecule has 0 radical (unpaired) electrons. The quantitative estimate of drug-likeness (QED) is 0.768. The van der Waals surface area contributed by atoms with Crippen LogP contribution in [0.3, 0.4) is 0 Å². The van der Waals surface area contributed by atoms with Crippen molar-refractivity contribution in [2.45, 2.75) is 0 Å². The number of hydrogen-bond donors (Lipinski definition) is 2. The highest BCUT2D eigenvalue weighted by Gasteiger charge is 2.16. The molecule has 2 N–H and O–H groups in total. The minimum Gasteiger partial charge on any atom is -0.507 e. The van der Waals surface area contributed by atoms with E-state index in [1.165, 1.54) is 35.7 Å². The van der Waals surface area contributed by atoms with Crippen molar-refractivity contribution in [1.82, 2.24) is 19.7 Å². The van der Waals surface area contributed by atoms with E-state index >= 15 is 0 Å². The van der Waals surface area contributed by atoms with Gasteiger partial charge in [-0.1, -0.05) is 6.07 Å². The van der Waals surface area contributed by atoms with Gasteiger partial charge in [0.25, 0.3) is 5.91 Å². The molecule has 8 heteroatoms. The van der Waals surface area contributed by atoms with Crippen LogP contribution in [0.2, 0.25) is 0 Å². The van der Waals surface area contributed by atoms with Crippen LogP contribution < -0.4 is 5.32 Å². The van der Waals surface area contributed by atoms with E-state index < -0.39 is 23.0 Å². The Bertz CT molecular complexity index is 782. The van der Waals surface area contributed by atoms with Crippen LogP contribution in [0.1, 0.15) is 10.4 Å². The van der Waals surface area contributed by atoms with Gasteiger partial charge in [0.1, 0.15) is 29.8 Å². The molecule has 110 valence electrons.